The zero-order valence-electron chi connectivity index (χ0n) is 15.5. The van der Waals surface area contributed by atoms with Gasteiger partial charge < -0.3 is 14.8 Å². The molecule has 1 aromatic heterocycles. The number of non-ortho nitro benzene ring substituents is 1. The first-order valence-corrected chi connectivity index (χ1v) is 8.29. The number of hydrogen-bond acceptors (Lipinski definition) is 6. The summed E-state index contributed by atoms with van der Waals surface area (Å²) in [6.45, 7) is 1.82. The zero-order chi connectivity index (χ0) is 20.3. The van der Waals surface area contributed by atoms with Crippen molar-refractivity contribution in [2.75, 3.05) is 12.4 Å². The molecule has 0 unspecified atom stereocenters. The van der Waals surface area contributed by atoms with E-state index in [1.54, 1.807) is 42.1 Å². The molecule has 2 aromatic carbocycles. The predicted octanol–water partition coefficient (Wildman–Crippen LogP) is 3.69. The number of nitro benzene ring substituents is 1. The van der Waals surface area contributed by atoms with E-state index in [-0.39, 0.29) is 22.8 Å². The third kappa shape index (κ3) is 4.09. The normalized spacial score (nSPS) is 10.4. The lowest BCUT2D eigenvalue weighted by atomic mass is 10.2. The van der Waals surface area contributed by atoms with Crippen molar-refractivity contribution in [1.82, 2.24) is 9.78 Å². The number of aromatic nitrogens is 2. The molecule has 0 fully saturated rings. The van der Waals surface area contributed by atoms with Gasteiger partial charge in [0.15, 0.2) is 17.2 Å². The van der Waals surface area contributed by atoms with Crippen LogP contribution in [0.4, 0.5) is 11.4 Å². The molecular formula is C19H18N4O5. The van der Waals surface area contributed by atoms with Crippen LogP contribution in [0.1, 0.15) is 16.2 Å². The summed E-state index contributed by atoms with van der Waals surface area (Å²) in [5.41, 5.74) is 1.01. The van der Waals surface area contributed by atoms with Gasteiger partial charge in [-0.1, -0.05) is 12.1 Å². The molecule has 1 heterocycles. The van der Waals surface area contributed by atoms with Gasteiger partial charge in [-0.25, -0.2) is 0 Å². The molecule has 144 valence electrons. The number of anilines is 1. The minimum absolute atomic E-state index is 0.186. The summed E-state index contributed by atoms with van der Waals surface area (Å²) >= 11 is 0. The second-order valence-corrected chi connectivity index (χ2v) is 5.97. The number of nitro groups is 1. The average Bonchev–Trinajstić information content (AvgIpc) is 3.01. The minimum Gasteiger partial charge on any atom is -0.493 e. The average molecular weight is 382 g/mol. The molecular weight excluding hydrogens is 364 g/mol. The Bertz CT molecular complexity index is 1030. The fraction of sp³-hybridized carbons (Fsp3) is 0.158. The van der Waals surface area contributed by atoms with E-state index in [9.17, 15) is 14.9 Å². The van der Waals surface area contributed by atoms with Gasteiger partial charge in [0.2, 0.25) is 0 Å². The van der Waals surface area contributed by atoms with E-state index in [1.165, 1.54) is 25.3 Å². The highest BCUT2D eigenvalue weighted by Crippen LogP contribution is 2.34. The molecule has 3 aromatic rings. The lowest BCUT2D eigenvalue weighted by Crippen LogP contribution is -2.13. The van der Waals surface area contributed by atoms with E-state index in [0.717, 1.165) is 5.69 Å². The summed E-state index contributed by atoms with van der Waals surface area (Å²) < 4.78 is 12.5. The van der Waals surface area contributed by atoms with Gasteiger partial charge in [-0.05, 0) is 25.1 Å². The predicted molar refractivity (Wildman–Crippen MR) is 102 cm³/mol. The minimum atomic E-state index is -0.560. The van der Waals surface area contributed by atoms with Crippen LogP contribution in [-0.4, -0.2) is 27.7 Å². The van der Waals surface area contributed by atoms with Gasteiger partial charge in [-0.3, -0.25) is 19.6 Å². The summed E-state index contributed by atoms with van der Waals surface area (Å²) in [6.07, 6.45) is 0. The van der Waals surface area contributed by atoms with Crippen LogP contribution in [0.25, 0.3) is 0 Å². The van der Waals surface area contributed by atoms with Gasteiger partial charge in [0.1, 0.15) is 5.75 Å². The molecule has 0 aliphatic heterocycles. The number of carbonyl (C=O) groups excluding carboxylic acids is 1. The molecule has 9 nitrogen and oxygen atoms in total. The van der Waals surface area contributed by atoms with Crippen molar-refractivity contribution in [3.63, 3.8) is 0 Å². The first kappa shape index (κ1) is 18.9. The van der Waals surface area contributed by atoms with Crippen molar-refractivity contribution in [2.24, 2.45) is 7.05 Å². The maximum Gasteiger partial charge on any atom is 0.276 e. The van der Waals surface area contributed by atoms with Crippen LogP contribution in [0.2, 0.25) is 0 Å². The van der Waals surface area contributed by atoms with E-state index in [2.05, 4.69) is 10.4 Å². The van der Waals surface area contributed by atoms with Crippen LogP contribution in [0, 0.1) is 17.0 Å². The number of carbonyl (C=O) groups is 1. The molecule has 0 aliphatic carbocycles. The summed E-state index contributed by atoms with van der Waals surface area (Å²) in [5, 5.41) is 18.0. The van der Waals surface area contributed by atoms with Crippen LogP contribution in [0.5, 0.6) is 17.2 Å². The van der Waals surface area contributed by atoms with Gasteiger partial charge >= 0.3 is 0 Å². The first-order chi connectivity index (χ1) is 13.4. The van der Waals surface area contributed by atoms with E-state index >= 15 is 0 Å². The molecule has 9 heteroatoms. The number of para-hydroxylation sites is 2. The summed E-state index contributed by atoms with van der Waals surface area (Å²) in [4.78, 5) is 23.1. The fourth-order valence-electron chi connectivity index (χ4n) is 2.52. The second kappa shape index (κ2) is 7.78. The lowest BCUT2D eigenvalue weighted by molar-refractivity contribution is -0.384. The molecule has 0 saturated carbocycles. The Morgan fingerprint density at radius 3 is 2.50 bits per heavy atom. The van der Waals surface area contributed by atoms with Crippen molar-refractivity contribution in [3.05, 3.63) is 70.0 Å². The third-order valence-corrected chi connectivity index (χ3v) is 4.00. The third-order valence-electron chi connectivity index (χ3n) is 4.00. The molecule has 1 amide bonds. The smallest absolute Gasteiger partial charge is 0.276 e. The maximum atomic E-state index is 12.4. The number of aryl methyl sites for hydroxylation is 2. The summed E-state index contributed by atoms with van der Waals surface area (Å²) in [7, 11) is 3.22. The van der Waals surface area contributed by atoms with Crippen LogP contribution in [0.15, 0.2) is 48.5 Å². The number of methoxy groups -OCH3 is 1. The van der Waals surface area contributed by atoms with Gasteiger partial charge in [0.25, 0.3) is 11.6 Å². The van der Waals surface area contributed by atoms with Crippen molar-refractivity contribution in [1.29, 1.82) is 0 Å². The molecule has 0 aliphatic rings. The molecule has 28 heavy (non-hydrogen) atoms. The standard InChI is InChI=1S/C19H18N4O5/c1-12-8-16(21-22(12)2)19(24)20-13-9-14(23(25)26)11-15(10-13)28-18-7-5-4-6-17(18)27-3/h4-11H,1-3H3,(H,20,24). The fourth-order valence-corrected chi connectivity index (χ4v) is 2.52. The molecule has 0 bridgehead atoms. The number of nitrogens with one attached hydrogen (secondary N) is 1. The summed E-state index contributed by atoms with van der Waals surface area (Å²) in [6, 6.07) is 12.5. The number of benzene rings is 2. The molecule has 1 N–H and O–H groups in total. The van der Waals surface area contributed by atoms with Crippen LogP contribution in [0.3, 0.4) is 0 Å². The number of nitrogens with zero attached hydrogens (tertiary/aromatic N) is 3. The molecule has 0 spiro atoms. The first-order valence-electron chi connectivity index (χ1n) is 8.29. The van der Waals surface area contributed by atoms with E-state index in [4.69, 9.17) is 9.47 Å². The van der Waals surface area contributed by atoms with Crippen LogP contribution < -0.4 is 14.8 Å². The SMILES string of the molecule is COc1ccccc1Oc1cc(NC(=O)c2cc(C)n(C)n2)cc([N+](=O)[O-])c1. The number of rotatable bonds is 6. The van der Waals surface area contributed by atoms with Crippen molar-refractivity contribution >= 4 is 17.3 Å². The van der Waals surface area contributed by atoms with Crippen LogP contribution in [-0.2, 0) is 7.05 Å². The zero-order valence-corrected chi connectivity index (χ0v) is 15.5. The molecule has 0 atom stereocenters. The van der Waals surface area contributed by atoms with Gasteiger partial charge in [0, 0.05) is 24.9 Å². The molecule has 0 radical (unpaired) electrons. The van der Waals surface area contributed by atoms with Crippen LogP contribution >= 0.6 is 0 Å². The quantitative estimate of drug-likeness (QED) is 0.514. The Morgan fingerprint density at radius 2 is 1.89 bits per heavy atom. The van der Waals surface area contributed by atoms with Crippen molar-refractivity contribution in [3.8, 4) is 17.2 Å². The number of ether oxygens (including phenoxy) is 2. The van der Waals surface area contributed by atoms with E-state index < -0.39 is 10.8 Å². The monoisotopic (exact) mass is 382 g/mol. The highest BCUT2D eigenvalue weighted by atomic mass is 16.6. The van der Waals surface area contributed by atoms with E-state index in [1.807, 2.05) is 6.92 Å². The second-order valence-electron chi connectivity index (χ2n) is 5.97. The van der Waals surface area contributed by atoms with Gasteiger partial charge in [-0.15, -0.1) is 0 Å². The van der Waals surface area contributed by atoms with Crippen molar-refractivity contribution in [2.45, 2.75) is 6.92 Å². The van der Waals surface area contributed by atoms with Crippen molar-refractivity contribution < 1.29 is 19.2 Å². The maximum absolute atomic E-state index is 12.4. The summed E-state index contributed by atoms with van der Waals surface area (Å²) in [5.74, 6) is 0.574. The topological polar surface area (TPSA) is 109 Å². The highest BCUT2D eigenvalue weighted by Gasteiger charge is 2.16. The Kier molecular flexibility index (Phi) is 5.25. The highest BCUT2D eigenvalue weighted by molar-refractivity contribution is 6.03. The molecule has 0 saturated heterocycles. The number of amides is 1. The van der Waals surface area contributed by atoms with Gasteiger partial charge in [0.05, 0.1) is 23.8 Å². The Morgan fingerprint density at radius 1 is 1.18 bits per heavy atom. The molecule has 3 rings (SSSR count). The van der Waals surface area contributed by atoms with Gasteiger partial charge in [-0.2, -0.15) is 5.10 Å². The Labute approximate surface area is 160 Å². The Balaban J connectivity index is 1.91. The number of hydrogen-bond donors (Lipinski definition) is 1. The van der Waals surface area contributed by atoms with E-state index in [0.29, 0.717) is 11.5 Å². The lowest BCUT2D eigenvalue weighted by Gasteiger charge is -2.11. The Hall–Kier alpha value is -3.88. The largest absolute Gasteiger partial charge is 0.493 e.